The first-order chi connectivity index (χ1) is 40.9. The molecule has 0 spiro atoms. The summed E-state index contributed by atoms with van der Waals surface area (Å²) >= 11 is 16.6. The topological polar surface area (TPSA) is 400 Å². The molecule has 0 fully saturated rings. The van der Waals surface area contributed by atoms with E-state index in [2.05, 4.69) is 55.8 Å². The van der Waals surface area contributed by atoms with E-state index in [1.54, 1.807) is 113 Å². The number of fused-ring (bicyclic) bond motifs is 3. The predicted octanol–water partition coefficient (Wildman–Crippen LogP) is 6.68. The van der Waals surface area contributed by atoms with Gasteiger partial charge in [-0.1, -0.05) is 23.7 Å². The van der Waals surface area contributed by atoms with Crippen LogP contribution in [0.15, 0.2) is 107 Å². The van der Waals surface area contributed by atoms with Crippen LogP contribution in [-0.4, -0.2) is 115 Å². The number of carbonyl (C=O) groups is 3. The fourth-order valence-electron chi connectivity index (χ4n) is 7.48. The number of nitrogens with two attached hydrogens (primary N) is 4. The van der Waals surface area contributed by atoms with Crippen molar-refractivity contribution in [3.63, 3.8) is 0 Å². The van der Waals surface area contributed by atoms with Gasteiger partial charge in [0.05, 0.1) is 21.7 Å². The monoisotopic (exact) mass is 1290 g/mol. The number of primary sulfonamides is 2. The lowest BCUT2D eigenvalue weighted by atomic mass is 10.2. The summed E-state index contributed by atoms with van der Waals surface area (Å²) in [5, 5.41) is 19.7. The van der Waals surface area contributed by atoms with Gasteiger partial charge in [-0.3, -0.25) is 24.2 Å². The lowest BCUT2D eigenvalue weighted by molar-refractivity contribution is -0.121. The van der Waals surface area contributed by atoms with E-state index in [-0.39, 0.29) is 69.7 Å². The van der Waals surface area contributed by atoms with Gasteiger partial charge in [-0.05, 0) is 129 Å². The molecule has 3 aliphatic rings. The summed E-state index contributed by atoms with van der Waals surface area (Å²) in [6.45, 7) is 7.06. The molecule has 0 aliphatic carbocycles. The zero-order chi connectivity index (χ0) is 63.7. The average Bonchev–Trinajstić information content (AvgIpc) is 2.02. The quantitative estimate of drug-likeness (QED) is 0.0473. The molecule has 87 heavy (non-hydrogen) atoms. The van der Waals surface area contributed by atoms with Crippen LogP contribution in [0.5, 0.6) is 17.2 Å². The molecule has 11 N–H and O–H groups in total. The van der Waals surface area contributed by atoms with Crippen LogP contribution in [0, 0.1) is 33.5 Å². The highest BCUT2D eigenvalue weighted by molar-refractivity contribution is 7.89. The molecule has 0 atom stereocenters. The number of amides is 3. The number of ether oxygens (including phenoxy) is 3. The van der Waals surface area contributed by atoms with E-state index in [1.807, 2.05) is 19.9 Å². The number of benzene rings is 3. The maximum Gasteiger partial charge on any atom is 0.265 e. The molecule has 28 nitrogen and oxygen atoms in total. The van der Waals surface area contributed by atoms with Crippen LogP contribution in [0.25, 0.3) is 0 Å². The first kappa shape index (κ1) is 65.2. The number of likely N-dealkylation sites (N-methyl/N-ethyl adjacent to an activating group) is 3. The largest absolute Gasteiger partial charge is 0.482 e. The van der Waals surface area contributed by atoms with Gasteiger partial charge in [0.1, 0.15) is 28.4 Å². The number of nitrogens with one attached hydrogen (secondary N) is 3. The van der Waals surface area contributed by atoms with Gasteiger partial charge in [0.15, 0.2) is 54.6 Å². The van der Waals surface area contributed by atoms with Gasteiger partial charge in [0.25, 0.3) is 17.7 Å². The highest BCUT2D eigenvalue weighted by Gasteiger charge is 2.26. The van der Waals surface area contributed by atoms with E-state index in [4.69, 9.17) is 70.8 Å². The number of nitrogen functional groups attached to an aromatic ring is 2. The van der Waals surface area contributed by atoms with Gasteiger partial charge in [-0.2, -0.15) is 9.97 Å². The van der Waals surface area contributed by atoms with Crippen molar-refractivity contribution in [3.05, 3.63) is 141 Å². The highest BCUT2D eigenvalue weighted by atomic mass is 35.5. The third-order valence-electron chi connectivity index (χ3n) is 12.2. The van der Waals surface area contributed by atoms with E-state index in [0.29, 0.717) is 85.4 Å². The molecule has 0 bridgehead atoms. The second-order valence-corrected chi connectivity index (χ2v) is 22.7. The summed E-state index contributed by atoms with van der Waals surface area (Å²) in [5.41, 5.74) is 15.9. The molecular weight excluding hydrogens is 1240 g/mol. The van der Waals surface area contributed by atoms with Crippen molar-refractivity contribution in [2.75, 3.05) is 83.1 Å². The molecule has 34 heteroatoms. The third kappa shape index (κ3) is 17.2. The van der Waals surface area contributed by atoms with Crippen LogP contribution in [0.2, 0.25) is 15.7 Å². The predicted molar refractivity (Wildman–Crippen MR) is 326 cm³/mol. The van der Waals surface area contributed by atoms with Gasteiger partial charge >= 0.3 is 0 Å². The second-order valence-electron chi connectivity index (χ2n) is 18.6. The highest BCUT2D eigenvalue weighted by Crippen LogP contribution is 2.36. The molecule has 8 aromatic rings. The number of carbonyl (C=O) groups excluding carboxylic acids is 3. The maximum atomic E-state index is 13.6. The lowest BCUT2D eigenvalue weighted by Gasteiger charge is -2.26. The summed E-state index contributed by atoms with van der Waals surface area (Å²) in [6.07, 6.45) is 4.18. The number of hydrogen-bond acceptors (Lipinski definition) is 23. The van der Waals surface area contributed by atoms with Crippen LogP contribution in [0.1, 0.15) is 22.3 Å². The Morgan fingerprint density at radius 3 is 1.66 bits per heavy atom. The van der Waals surface area contributed by atoms with E-state index in [0.717, 1.165) is 17.3 Å². The van der Waals surface area contributed by atoms with Crippen molar-refractivity contribution in [2.24, 2.45) is 10.3 Å². The van der Waals surface area contributed by atoms with Gasteiger partial charge in [0.2, 0.25) is 36.6 Å². The molecule has 3 amide bonds. The first-order valence-electron chi connectivity index (χ1n) is 25.0. The number of aryl methyl sites for hydroxylation is 4. The maximum absolute atomic E-state index is 13.6. The summed E-state index contributed by atoms with van der Waals surface area (Å²) in [4.78, 5) is 70.8. The number of halogens is 4. The smallest absolute Gasteiger partial charge is 0.265 e. The number of aromatic nitrogens is 8. The number of hydrogen-bond donors (Lipinski definition) is 7. The summed E-state index contributed by atoms with van der Waals surface area (Å²) in [5.74, 6) is 2.79. The molecule has 3 aromatic carbocycles. The molecule has 456 valence electrons. The normalized spacial score (nSPS) is 13.1. The molecule has 0 radical (unpaired) electrons. The Bertz CT molecular complexity index is 4180. The second kappa shape index (κ2) is 27.8. The van der Waals surface area contributed by atoms with Crippen molar-refractivity contribution in [1.29, 1.82) is 0 Å². The summed E-state index contributed by atoms with van der Waals surface area (Å²) in [7, 11) is -2.56. The molecule has 0 saturated carbocycles. The van der Waals surface area contributed by atoms with Crippen molar-refractivity contribution >= 4 is 136 Å². The van der Waals surface area contributed by atoms with Crippen LogP contribution < -0.4 is 66.6 Å². The van der Waals surface area contributed by atoms with Crippen molar-refractivity contribution in [3.8, 4) is 17.2 Å². The molecule has 5 aromatic heterocycles. The molecule has 3 aliphatic heterocycles. The Hall–Kier alpha value is -9.37. The number of nitrogens with zero attached hydrogens (tertiary/aromatic N) is 11. The van der Waals surface area contributed by atoms with Crippen molar-refractivity contribution in [1.82, 2.24) is 39.9 Å². The van der Waals surface area contributed by atoms with Crippen LogP contribution in [0.4, 0.5) is 68.0 Å². The van der Waals surface area contributed by atoms with Crippen LogP contribution in [0.3, 0.4) is 0 Å². The van der Waals surface area contributed by atoms with Gasteiger partial charge < -0.3 is 46.5 Å². The molecule has 0 saturated heterocycles. The minimum atomic E-state index is -3.85. The zero-order valence-corrected chi connectivity index (χ0v) is 50.9. The van der Waals surface area contributed by atoms with Crippen LogP contribution >= 0.6 is 34.8 Å². The minimum Gasteiger partial charge on any atom is -0.482 e. The van der Waals surface area contributed by atoms with Crippen molar-refractivity contribution < 1.29 is 49.8 Å². The number of rotatable bonds is 8. The Kier molecular flexibility index (Phi) is 20.8. The fraction of sp³-hybridized carbons (Fsp3) is 0.189. The van der Waals surface area contributed by atoms with Gasteiger partial charge in [-0.25, -0.2) is 61.4 Å². The Balaban J connectivity index is 0.000000168. The standard InChI is InChI=1S/C21H22N6O4S.C12H9ClFN5O2.C8H9N3O2.C7H10N2O2S.C5H4Cl2N2/c1-12-4-5-15(9-18(12)32(22,29)30)25-21-23-10-13(2)20(26-21)24-14-6-7-17-16(8-14)27(3)19(28)11-31-17;1-19-9(20)5-21-7-2-3-8(17-11(7)19)16-10-6(14)4-15-12(13)18-10;1-11-7(12)4-13-5-2-3-6(9)10-8(5)11;1-5-2-3-6(8)4-7(5)12(9,10)11;1-3-2-8-5(7)9-4(3)6/h4-10H,11H2,1-3H3,(H2,22,29,30)(H2,23,24,25,26);2-4H,5H2,1H3,(H,15,16,17,18);2-3H,4H2,1H3,(H2,9,10);2-4H,8H2,1H3,(H2,9,10,11);2H,1H3. The molecule has 0 unspecified atom stereocenters. The number of pyridine rings is 2. The zero-order valence-electron chi connectivity index (χ0n) is 47.0. The number of anilines is 11. The van der Waals surface area contributed by atoms with Gasteiger partial charge in [0, 0.05) is 61.7 Å². The van der Waals surface area contributed by atoms with Crippen LogP contribution in [-0.2, 0) is 34.4 Å². The minimum absolute atomic E-state index is 0.0164. The van der Waals surface area contributed by atoms with Crippen molar-refractivity contribution in [2.45, 2.75) is 37.5 Å². The summed E-state index contributed by atoms with van der Waals surface area (Å²) < 4.78 is 74.8. The summed E-state index contributed by atoms with van der Waals surface area (Å²) in [6, 6.07) is 21.4. The molecule has 11 rings (SSSR count). The SMILES string of the molecule is CN1C(=O)COc2ccc(N)nc21.CN1C(=O)COc2ccc(Nc3nc(Cl)ncc3F)nc21.Cc1ccc(N)cc1S(N)(=O)=O.Cc1ccc(Nc2ncc(C)c(Nc3ccc4c(c3)N(C)C(=O)CO4)n2)cc1S(N)(=O)=O.Cc1cnc(Cl)nc1Cl. The average molecular weight is 1290 g/mol. The lowest BCUT2D eigenvalue weighted by Crippen LogP contribution is -2.36. The molecule has 8 heterocycles. The van der Waals surface area contributed by atoms with E-state index in [1.165, 1.54) is 21.9 Å². The van der Waals surface area contributed by atoms with E-state index < -0.39 is 25.9 Å². The Morgan fingerprint density at radius 2 is 1.05 bits per heavy atom. The molecular formula is C53H54Cl3FN18O10S2. The van der Waals surface area contributed by atoms with Gasteiger partial charge in [-0.15, -0.1) is 0 Å². The van der Waals surface area contributed by atoms with E-state index >= 15 is 0 Å². The van der Waals surface area contributed by atoms with E-state index in [9.17, 15) is 35.6 Å². The third-order valence-corrected chi connectivity index (χ3v) is 15.0. The first-order valence-corrected chi connectivity index (χ1v) is 29.3. The Labute approximate surface area is 512 Å². The number of sulfonamides is 2. The fourth-order valence-corrected chi connectivity index (χ4v) is 9.54. The Morgan fingerprint density at radius 1 is 0.529 bits per heavy atom.